The molecule has 0 spiro atoms. The summed E-state index contributed by atoms with van der Waals surface area (Å²) < 4.78 is 17.7. The molecule has 5 rings (SSSR count). The van der Waals surface area contributed by atoms with Gasteiger partial charge < -0.3 is 14.2 Å². The van der Waals surface area contributed by atoms with Crippen LogP contribution in [0.3, 0.4) is 0 Å². The van der Waals surface area contributed by atoms with Gasteiger partial charge >= 0.3 is 0 Å². The first-order valence-electron chi connectivity index (χ1n) is 9.10. The van der Waals surface area contributed by atoms with Gasteiger partial charge in [-0.3, -0.25) is 0 Å². The van der Waals surface area contributed by atoms with Gasteiger partial charge in [-0.25, -0.2) is 0 Å². The lowest BCUT2D eigenvalue weighted by atomic mass is 9.88. The first kappa shape index (κ1) is 14.9. The summed E-state index contributed by atoms with van der Waals surface area (Å²) in [6, 6.07) is 12.5. The zero-order valence-electron chi connectivity index (χ0n) is 14.8. The maximum atomic E-state index is 6.41. The number of allylic oxidation sites excluding steroid dienone is 1. The Bertz CT molecular complexity index is 890. The molecule has 2 aromatic rings. The van der Waals surface area contributed by atoms with Crippen molar-refractivity contribution in [1.29, 1.82) is 0 Å². The second-order valence-corrected chi connectivity index (χ2v) is 7.50. The fourth-order valence-electron chi connectivity index (χ4n) is 3.81. The normalized spacial score (nSPS) is 20.6. The fourth-order valence-corrected chi connectivity index (χ4v) is 3.81. The highest BCUT2D eigenvalue weighted by atomic mass is 16.6. The Morgan fingerprint density at radius 3 is 2.52 bits per heavy atom. The molecule has 0 saturated heterocycles. The molecule has 2 aliphatic heterocycles. The van der Waals surface area contributed by atoms with Gasteiger partial charge in [-0.05, 0) is 81.0 Å². The molecule has 1 saturated carbocycles. The van der Waals surface area contributed by atoms with Crippen molar-refractivity contribution in [2.24, 2.45) is 5.92 Å². The van der Waals surface area contributed by atoms with Crippen molar-refractivity contribution < 1.29 is 14.2 Å². The molecule has 3 nitrogen and oxygen atoms in total. The van der Waals surface area contributed by atoms with Gasteiger partial charge in [-0.15, -0.1) is 0 Å². The number of hydrogen-bond donors (Lipinski definition) is 0. The predicted octanol–water partition coefficient (Wildman–Crippen LogP) is 5.90. The SMILES string of the molecule is CC1=C(C2CC2)c2cc(OC(C)C)ccc2OC1c1ccc2c(c1)O2. The molecule has 0 amide bonds. The average Bonchev–Trinajstić information content (AvgIpc) is 3.47. The van der Waals surface area contributed by atoms with E-state index in [1.807, 2.05) is 12.1 Å². The molecule has 1 atom stereocenters. The van der Waals surface area contributed by atoms with Crippen LogP contribution in [0.1, 0.15) is 50.8 Å². The van der Waals surface area contributed by atoms with E-state index in [9.17, 15) is 0 Å². The minimum atomic E-state index is -0.0329. The number of benzene rings is 2. The average molecular weight is 334 g/mol. The molecule has 0 N–H and O–H groups in total. The summed E-state index contributed by atoms with van der Waals surface area (Å²) in [7, 11) is 0. The summed E-state index contributed by atoms with van der Waals surface area (Å²) in [6.07, 6.45) is 2.67. The molecular formula is C22H22O3. The van der Waals surface area contributed by atoms with Crippen LogP contribution in [-0.2, 0) is 0 Å². The van der Waals surface area contributed by atoms with E-state index >= 15 is 0 Å². The summed E-state index contributed by atoms with van der Waals surface area (Å²) in [5.74, 6) is 4.49. The molecular weight excluding hydrogens is 312 g/mol. The van der Waals surface area contributed by atoms with Gasteiger partial charge in [0.2, 0.25) is 0 Å². The smallest absolute Gasteiger partial charge is 0.170 e. The molecule has 128 valence electrons. The minimum absolute atomic E-state index is 0.0329. The Kier molecular flexibility index (Phi) is 3.15. The summed E-state index contributed by atoms with van der Waals surface area (Å²) in [5.41, 5.74) is 5.14. The zero-order valence-corrected chi connectivity index (χ0v) is 14.8. The van der Waals surface area contributed by atoms with Crippen LogP contribution in [0, 0.1) is 5.92 Å². The van der Waals surface area contributed by atoms with Crippen molar-refractivity contribution in [1.82, 2.24) is 0 Å². The van der Waals surface area contributed by atoms with Crippen LogP contribution in [0.15, 0.2) is 42.0 Å². The second kappa shape index (κ2) is 5.29. The molecule has 3 heteroatoms. The molecule has 1 fully saturated rings. The lowest BCUT2D eigenvalue weighted by Gasteiger charge is -2.30. The Hall–Kier alpha value is -2.42. The second-order valence-electron chi connectivity index (χ2n) is 7.50. The standard InChI is InChI=1S/C22H22O3/c1-12(2)23-16-7-9-18-17(11-16)21(14-4-5-14)13(3)22(25-18)15-6-8-19-20(10-15)24-19/h6-12,14,22H,4-5H2,1-3H3. The molecule has 1 unspecified atom stereocenters. The third kappa shape index (κ3) is 2.58. The molecule has 25 heavy (non-hydrogen) atoms. The summed E-state index contributed by atoms with van der Waals surface area (Å²) >= 11 is 0. The fraction of sp³-hybridized carbons (Fsp3) is 0.364. The van der Waals surface area contributed by atoms with Gasteiger partial charge in [0.25, 0.3) is 0 Å². The largest absolute Gasteiger partial charge is 0.491 e. The monoisotopic (exact) mass is 334 g/mol. The van der Waals surface area contributed by atoms with E-state index in [0.29, 0.717) is 5.92 Å². The highest BCUT2D eigenvalue weighted by molar-refractivity contribution is 5.79. The van der Waals surface area contributed by atoms with Crippen LogP contribution in [0.25, 0.3) is 5.57 Å². The van der Waals surface area contributed by atoms with Crippen LogP contribution in [0.2, 0.25) is 0 Å². The molecule has 3 aliphatic rings. The van der Waals surface area contributed by atoms with Gasteiger partial charge in [0.1, 0.15) is 17.6 Å². The van der Waals surface area contributed by atoms with Crippen molar-refractivity contribution in [3.8, 4) is 23.0 Å². The predicted molar refractivity (Wildman–Crippen MR) is 97.4 cm³/mol. The number of ether oxygens (including phenoxy) is 3. The molecule has 0 radical (unpaired) electrons. The maximum Gasteiger partial charge on any atom is 0.170 e. The van der Waals surface area contributed by atoms with E-state index in [4.69, 9.17) is 14.2 Å². The van der Waals surface area contributed by atoms with Gasteiger partial charge in [-0.1, -0.05) is 6.07 Å². The molecule has 2 heterocycles. The van der Waals surface area contributed by atoms with Crippen molar-refractivity contribution in [3.63, 3.8) is 0 Å². The lowest BCUT2D eigenvalue weighted by Crippen LogP contribution is -2.17. The third-order valence-electron chi connectivity index (χ3n) is 5.11. The molecule has 0 bridgehead atoms. The van der Waals surface area contributed by atoms with Crippen LogP contribution in [0.4, 0.5) is 0 Å². The van der Waals surface area contributed by atoms with Gasteiger partial charge in [-0.2, -0.15) is 0 Å². The van der Waals surface area contributed by atoms with Crippen molar-refractivity contribution >= 4 is 5.57 Å². The number of rotatable bonds is 4. The Labute approximate surface area is 148 Å². The maximum absolute atomic E-state index is 6.41. The van der Waals surface area contributed by atoms with Crippen molar-refractivity contribution in [2.75, 3.05) is 0 Å². The van der Waals surface area contributed by atoms with E-state index in [2.05, 4.69) is 45.0 Å². The van der Waals surface area contributed by atoms with Crippen molar-refractivity contribution in [3.05, 3.63) is 53.1 Å². The van der Waals surface area contributed by atoms with Gasteiger partial charge in [0, 0.05) is 11.1 Å². The van der Waals surface area contributed by atoms with E-state index < -0.39 is 0 Å². The molecule has 0 aromatic heterocycles. The van der Waals surface area contributed by atoms with Gasteiger partial charge in [0.15, 0.2) is 11.5 Å². The first-order valence-corrected chi connectivity index (χ1v) is 9.10. The third-order valence-corrected chi connectivity index (χ3v) is 5.11. The Balaban J connectivity index is 1.58. The molecule has 2 aromatic carbocycles. The summed E-state index contributed by atoms with van der Waals surface area (Å²) in [6.45, 7) is 6.32. The lowest BCUT2D eigenvalue weighted by molar-refractivity contribution is 0.230. The van der Waals surface area contributed by atoms with E-state index in [1.165, 1.54) is 35.1 Å². The first-order chi connectivity index (χ1) is 12.1. The van der Waals surface area contributed by atoms with Crippen molar-refractivity contribution in [2.45, 2.75) is 45.8 Å². The van der Waals surface area contributed by atoms with E-state index in [1.54, 1.807) is 0 Å². The van der Waals surface area contributed by atoms with E-state index in [0.717, 1.165) is 23.0 Å². The van der Waals surface area contributed by atoms with Crippen LogP contribution in [0.5, 0.6) is 23.0 Å². The topological polar surface area (TPSA) is 31.0 Å². The highest BCUT2D eigenvalue weighted by Gasteiger charge is 2.37. The quantitative estimate of drug-likeness (QED) is 0.557. The number of fused-ring (bicyclic) bond motifs is 2. The minimum Gasteiger partial charge on any atom is -0.491 e. The Morgan fingerprint density at radius 2 is 1.80 bits per heavy atom. The van der Waals surface area contributed by atoms with Crippen LogP contribution >= 0.6 is 0 Å². The summed E-state index contributed by atoms with van der Waals surface area (Å²) in [5, 5.41) is 0. The Morgan fingerprint density at radius 1 is 1.00 bits per heavy atom. The van der Waals surface area contributed by atoms with Crippen LogP contribution in [-0.4, -0.2) is 6.10 Å². The number of hydrogen-bond acceptors (Lipinski definition) is 3. The van der Waals surface area contributed by atoms with Crippen LogP contribution < -0.4 is 14.2 Å². The van der Waals surface area contributed by atoms with Gasteiger partial charge in [0.05, 0.1) is 6.10 Å². The molecule has 1 aliphatic carbocycles. The summed E-state index contributed by atoms with van der Waals surface area (Å²) in [4.78, 5) is 0. The zero-order chi connectivity index (χ0) is 17.1. The highest BCUT2D eigenvalue weighted by Crippen LogP contribution is 2.54. The van der Waals surface area contributed by atoms with E-state index in [-0.39, 0.29) is 12.2 Å².